The molecule has 2 aliphatic rings. The first-order valence-corrected chi connectivity index (χ1v) is 5.53. The predicted octanol–water partition coefficient (Wildman–Crippen LogP) is -0.956. The maximum absolute atomic E-state index is 11.4. The molecule has 0 aromatic rings. The summed E-state index contributed by atoms with van der Waals surface area (Å²) in [5.41, 5.74) is 5.30. The van der Waals surface area contributed by atoms with Crippen molar-refractivity contribution in [1.82, 2.24) is 9.80 Å². The average molecular weight is 237 g/mol. The number of imide groups is 1. The lowest BCUT2D eigenvalue weighted by Gasteiger charge is -2.37. The van der Waals surface area contributed by atoms with E-state index in [0.29, 0.717) is 32.1 Å². The summed E-state index contributed by atoms with van der Waals surface area (Å²) < 4.78 is 5.26. The van der Waals surface area contributed by atoms with Crippen LogP contribution < -0.4 is 5.73 Å². The van der Waals surface area contributed by atoms with E-state index in [9.17, 15) is 9.59 Å². The van der Waals surface area contributed by atoms with Crippen LogP contribution in [-0.2, 0) is 14.3 Å². The van der Waals surface area contributed by atoms with E-state index in [-0.39, 0.29) is 11.8 Å². The van der Waals surface area contributed by atoms with Crippen LogP contribution >= 0.6 is 0 Å². The molecule has 6 nitrogen and oxygen atoms in total. The largest absolute Gasteiger partial charge is 0.378 e. The zero-order valence-electron chi connectivity index (χ0n) is 9.46. The van der Waals surface area contributed by atoms with Crippen molar-refractivity contribution in [2.45, 2.75) is 0 Å². The van der Waals surface area contributed by atoms with Gasteiger partial charge in [-0.2, -0.15) is 0 Å². The molecule has 0 spiro atoms. The number of rotatable bonds is 6. The Morgan fingerprint density at radius 2 is 1.94 bits per heavy atom. The van der Waals surface area contributed by atoms with Crippen LogP contribution in [0, 0.1) is 0 Å². The van der Waals surface area contributed by atoms with Gasteiger partial charge in [0.1, 0.15) is 5.82 Å². The van der Waals surface area contributed by atoms with Crippen molar-refractivity contribution in [2.24, 2.45) is 5.73 Å². The Labute approximate surface area is 99.3 Å². The summed E-state index contributed by atoms with van der Waals surface area (Å²) in [6, 6.07) is 0. The fourth-order valence-corrected chi connectivity index (χ4v) is 1.73. The summed E-state index contributed by atoms with van der Waals surface area (Å²) in [5, 5.41) is 0. The van der Waals surface area contributed by atoms with Crippen LogP contribution in [0.15, 0.2) is 24.0 Å². The molecule has 0 aromatic heterocycles. The SMILES string of the molecule is NCCOCCN1CC=C1N1C(=O)C=CC1=O. The van der Waals surface area contributed by atoms with Crippen molar-refractivity contribution in [3.8, 4) is 0 Å². The van der Waals surface area contributed by atoms with Gasteiger partial charge in [0.25, 0.3) is 11.8 Å². The van der Waals surface area contributed by atoms with E-state index in [1.165, 1.54) is 17.1 Å². The Morgan fingerprint density at radius 3 is 2.47 bits per heavy atom. The third-order valence-corrected chi connectivity index (χ3v) is 2.62. The van der Waals surface area contributed by atoms with Gasteiger partial charge in [-0.15, -0.1) is 0 Å². The summed E-state index contributed by atoms with van der Waals surface area (Å²) in [6.07, 6.45) is 4.42. The van der Waals surface area contributed by atoms with Crippen LogP contribution in [-0.4, -0.2) is 54.5 Å². The number of hydrogen-bond donors (Lipinski definition) is 1. The van der Waals surface area contributed by atoms with E-state index >= 15 is 0 Å². The molecule has 0 fully saturated rings. The Bertz CT molecular complexity index is 371. The van der Waals surface area contributed by atoms with Gasteiger partial charge in [0.15, 0.2) is 0 Å². The van der Waals surface area contributed by atoms with Crippen molar-refractivity contribution in [2.75, 3.05) is 32.8 Å². The quantitative estimate of drug-likeness (QED) is 0.476. The lowest BCUT2D eigenvalue weighted by Crippen LogP contribution is -2.46. The van der Waals surface area contributed by atoms with E-state index < -0.39 is 0 Å². The van der Waals surface area contributed by atoms with Crippen molar-refractivity contribution in [1.29, 1.82) is 0 Å². The Balaban J connectivity index is 1.83. The van der Waals surface area contributed by atoms with Gasteiger partial charge in [0, 0.05) is 31.8 Å². The first kappa shape index (κ1) is 11.8. The van der Waals surface area contributed by atoms with Crippen LogP contribution in [0.2, 0.25) is 0 Å². The highest BCUT2D eigenvalue weighted by molar-refractivity contribution is 6.14. The predicted molar refractivity (Wildman–Crippen MR) is 60.5 cm³/mol. The zero-order chi connectivity index (χ0) is 12.3. The monoisotopic (exact) mass is 237 g/mol. The Kier molecular flexibility index (Phi) is 3.55. The van der Waals surface area contributed by atoms with E-state index in [1.54, 1.807) is 0 Å². The molecule has 0 unspecified atom stereocenters. The number of amides is 2. The second-order valence-corrected chi connectivity index (χ2v) is 3.75. The van der Waals surface area contributed by atoms with Gasteiger partial charge >= 0.3 is 0 Å². The summed E-state index contributed by atoms with van der Waals surface area (Å²) in [7, 11) is 0. The summed E-state index contributed by atoms with van der Waals surface area (Å²) in [5.74, 6) is 0.0870. The van der Waals surface area contributed by atoms with Crippen LogP contribution in [0.1, 0.15) is 0 Å². The number of ether oxygens (including phenoxy) is 1. The van der Waals surface area contributed by atoms with E-state index in [2.05, 4.69) is 0 Å². The van der Waals surface area contributed by atoms with Crippen LogP contribution in [0.25, 0.3) is 0 Å². The van der Waals surface area contributed by atoms with Gasteiger partial charge in [-0.25, -0.2) is 4.90 Å². The maximum Gasteiger partial charge on any atom is 0.259 e. The summed E-state index contributed by atoms with van der Waals surface area (Å²) >= 11 is 0. The number of carbonyl (C=O) groups excluding carboxylic acids is 2. The van der Waals surface area contributed by atoms with Crippen molar-refractivity contribution in [3.63, 3.8) is 0 Å². The van der Waals surface area contributed by atoms with Gasteiger partial charge in [-0.05, 0) is 6.08 Å². The molecule has 2 amide bonds. The van der Waals surface area contributed by atoms with Crippen molar-refractivity contribution < 1.29 is 14.3 Å². The molecule has 0 aromatic carbocycles. The van der Waals surface area contributed by atoms with Crippen LogP contribution in [0.3, 0.4) is 0 Å². The molecule has 6 heteroatoms. The fraction of sp³-hybridized carbons (Fsp3) is 0.455. The highest BCUT2D eigenvalue weighted by Crippen LogP contribution is 2.22. The summed E-state index contributed by atoms with van der Waals surface area (Å²) in [6.45, 7) is 2.95. The van der Waals surface area contributed by atoms with Gasteiger partial charge < -0.3 is 15.4 Å². The molecule has 2 heterocycles. The minimum atomic E-state index is -0.283. The van der Waals surface area contributed by atoms with E-state index in [4.69, 9.17) is 10.5 Å². The maximum atomic E-state index is 11.4. The normalized spacial score (nSPS) is 18.8. The smallest absolute Gasteiger partial charge is 0.259 e. The Morgan fingerprint density at radius 1 is 1.24 bits per heavy atom. The molecular formula is C11H15N3O3. The lowest BCUT2D eigenvalue weighted by molar-refractivity contribution is -0.136. The molecule has 0 bridgehead atoms. The second kappa shape index (κ2) is 5.11. The van der Waals surface area contributed by atoms with Crippen molar-refractivity contribution in [3.05, 3.63) is 24.0 Å². The third-order valence-electron chi connectivity index (χ3n) is 2.62. The van der Waals surface area contributed by atoms with E-state index in [0.717, 1.165) is 6.54 Å². The molecule has 2 aliphatic heterocycles. The highest BCUT2D eigenvalue weighted by Gasteiger charge is 2.33. The topological polar surface area (TPSA) is 75.9 Å². The molecule has 2 N–H and O–H groups in total. The number of nitrogens with zero attached hydrogens (tertiary/aromatic N) is 2. The van der Waals surface area contributed by atoms with Gasteiger partial charge in [0.05, 0.1) is 13.2 Å². The van der Waals surface area contributed by atoms with Gasteiger partial charge in [-0.1, -0.05) is 0 Å². The second-order valence-electron chi connectivity index (χ2n) is 3.75. The van der Waals surface area contributed by atoms with Crippen LogP contribution in [0.4, 0.5) is 0 Å². The average Bonchev–Trinajstić information content (AvgIpc) is 2.59. The molecule has 2 rings (SSSR count). The number of nitrogens with two attached hydrogens (primary N) is 1. The molecule has 0 saturated heterocycles. The molecule has 0 aliphatic carbocycles. The highest BCUT2D eigenvalue weighted by atomic mass is 16.5. The molecule has 92 valence electrons. The third kappa shape index (κ3) is 2.37. The standard InChI is InChI=1S/C11H15N3O3/c12-4-7-17-8-6-13-5-3-9(13)14-10(15)1-2-11(14)16/h1-3H,4-8,12H2. The zero-order valence-corrected chi connectivity index (χ0v) is 9.46. The molecule has 0 radical (unpaired) electrons. The van der Waals surface area contributed by atoms with Gasteiger partial charge in [0.2, 0.25) is 0 Å². The first-order valence-electron chi connectivity index (χ1n) is 5.53. The molecule has 0 saturated carbocycles. The number of carbonyl (C=O) groups is 2. The lowest BCUT2D eigenvalue weighted by atomic mass is 10.3. The van der Waals surface area contributed by atoms with Crippen molar-refractivity contribution >= 4 is 11.8 Å². The Hall–Kier alpha value is -1.66. The molecular weight excluding hydrogens is 222 g/mol. The minimum Gasteiger partial charge on any atom is -0.378 e. The minimum absolute atomic E-state index is 0.283. The first-order chi connectivity index (χ1) is 8.24. The summed E-state index contributed by atoms with van der Waals surface area (Å²) in [4.78, 5) is 26.0. The van der Waals surface area contributed by atoms with Gasteiger partial charge in [-0.3, -0.25) is 9.59 Å². The molecule has 17 heavy (non-hydrogen) atoms. The fourth-order valence-electron chi connectivity index (χ4n) is 1.73. The van der Waals surface area contributed by atoms with E-state index in [1.807, 2.05) is 11.0 Å². The number of hydrogen-bond acceptors (Lipinski definition) is 5. The molecule has 0 atom stereocenters. The van der Waals surface area contributed by atoms with Crippen LogP contribution in [0.5, 0.6) is 0 Å².